The zero-order valence-corrected chi connectivity index (χ0v) is 23.3. The van der Waals surface area contributed by atoms with Crippen molar-refractivity contribution in [2.75, 3.05) is 0 Å². The third kappa shape index (κ3) is 4.11. The van der Waals surface area contributed by atoms with Gasteiger partial charge in [-0.15, -0.1) is 0 Å². The van der Waals surface area contributed by atoms with Gasteiger partial charge in [0.2, 0.25) is 0 Å². The zero-order chi connectivity index (χ0) is 18.4. The minimum absolute atomic E-state index is 0. The molecule has 0 amide bonds. The third-order valence-corrected chi connectivity index (χ3v) is 15.7. The molecule has 0 bridgehead atoms. The molecule has 0 saturated heterocycles. The van der Waals surface area contributed by atoms with Gasteiger partial charge in [-0.1, -0.05) is 0 Å². The van der Waals surface area contributed by atoms with Crippen molar-refractivity contribution >= 4 is 32.2 Å². The second kappa shape index (κ2) is 9.66. The molecule has 2 aliphatic carbocycles. The molecule has 146 valence electrons. The maximum atomic E-state index is 4.93. The molecule has 0 aromatic heterocycles. The van der Waals surface area contributed by atoms with E-state index in [9.17, 15) is 0 Å². The van der Waals surface area contributed by atoms with Gasteiger partial charge in [0.05, 0.1) is 0 Å². The first-order valence-corrected chi connectivity index (χ1v) is 20.1. The van der Waals surface area contributed by atoms with E-state index in [0.29, 0.717) is 7.25 Å². The number of hydrogen-bond donors (Lipinski definition) is 0. The predicted octanol–water partition coefficient (Wildman–Crippen LogP) is -0.627. The average Bonchev–Trinajstić information content (AvgIpc) is 3.20. The van der Waals surface area contributed by atoms with Gasteiger partial charge >= 0.3 is 170 Å². The summed E-state index contributed by atoms with van der Waals surface area (Å²) in [5, 5.41) is 3.36. The smallest absolute Gasteiger partial charge is 1.00 e. The average molecular weight is 523 g/mol. The first-order chi connectivity index (χ1) is 12.5. The van der Waals surface area contributed by atoms with Crippen molar-refractivity contribution in [3.8, 4) is 0 Å². The minimum atomic E-state index is -1.99. The molecule has 2 unspecified atom stereocenters. The van der Waals surface area contributed by atoms with Gasteiger partial charge in [0.15, 0.2) is 0 Å². The van der Waals surface area contributed by atoms with E-state index in [1.165, 1.54) is 0 Å². The first-order valence-electron chi connectivity index (χ1n) is 9.79. The summed E-state index contributed by atoms with van der Waals surface area (Å²) in [6.45, 7) is 9.85. The maximum absolute atomic E-state index is 4.93. The van der Waals surface area contributed by atoms with E-state index in [2.05, 4.69) is 86.9 Å². The Hall–Kier alpha value is -0.313. The molecule has 0 radical (unpaired) electrons. The van der Waals surface area contributed by atoms with Crippen LogP contribution in [0.25, 0.3) is 10.4 Å². The molecule has 0 N–H and O–H groups in total. The summed E-state index contributed by atoms with van der Waals surface area (Å²) in [7, 11) is -1.63. The molecule has 28 heavy (non-hydrogen) atoms. The Morgan fingerprint density at radius 3 is 1.39 bits per heavy atom. The van der Waals surface area contributed by atoms with Crippen molar-refractivity contribution < 1.29 is 46.1 Å². The molecular formula is C23H28Cl2Si2Zr. The number of hydrogen-bond acceptors (Lipinski definition) is 0. The minimum Gasteiger partial charge on any atom is -1.00 e. The summed E-state index contributed by atoms with van der Waals surface area (Å²) < 4.78 is 6.21. The quantitative estimate of drug-likeness (QED) is 0.470. The van der Waals surface area contributed by atoms with Gasteiger partial charge in [0.25, 0.3) is 0 Å². The van der Waals surface area contributed by atoms with Crippen LogP contribution in [-0.2, 0) is 21.3 Å². The van der Waals surface area contributed by atoms with Crippen molar-refractivity contribution in [3.05, 3.63) is 82.9 Å². The number of halogens is 2. The van der Waals surface area contributed by atoms with Crippen LogP contribution in [0.4, 0.5) is 0 Å². The summed E-state index contributed by atoms with van der Waals surface area (Å²) in [5.74, 6) is 0. The van der Waals surface area contributed by atoms with Gasteiger partial charge in [0.1, 0.15) is 0 Å². The van der Waals surface area contributed by atoms with Crippen LogP contribution in [0.5, 0.6) is 0 Å². The molecule has 4 rings (SSSR count). The van der Waals surface area contributed by atoms with Crippen LogP contribution in [-0.4, -0.2) is 21.8 Å². The van der Waals surface area contributed by atoms with Crippen molar-refractivity contribution in [1.82, 2.24) is 0 Å². The molecule has 0 spiro atoms. The Kier molecular flexibility index (Phi) is 8.27. The Bertz CT molecular complexity index is 872. The predicted molar refractivity (Wildman–Crippen MR) is 119 cm³/mol. The van der Waals surface area contributed by atoms with Crippen molar-refractivity contribution in [2.24, 2.45) is 0 Å². The van der Waals surface area contributed by atoms with Crippen LogP contribution in [0.15, 0.2) is 60.7 Å². The fourth-order valence-electron chi connectivity index (χ4n) is 4.59. The Morgan fingerprint density at radius 2 is 1.04 bits per heavy atom. The largest absolute Gasteiger partial charge is 1.00 e. The van der Waals surface area contributed by atoms with Crippen LogP contribution in [0, 0.1) is 0 Å². The standard InChI is InChI=1S/2C11H13Si.CH2.2ClH.Zr/c2*1-12(2)11-8-7-9-5-3-4-6-10(9)11;;;;/h2*3-8,12H,1-2H3;1H2;2*1H;/q;;;;;+2/p-2. The van der Waals surface area contributed by atoms with Crippen LogP contribution in [0.3, 0.4) is 0 Å². The Balaban J connectivity index is 0.00000140. The Labute approximate surface area is 193 Å². The SMILES string of the molecule is [CH2]=[Zr+2]([CH]1C=C([SiH](C)C)c2ccccc21)[CH]1C=C([SiH](C)C)c2ccccc21.[Cl-].[Cl-]. The van der Waals surface area contributed by atoms with E-state index >= 15 is 0 Å². The van der Waals surface area contributed by atoms with E-state index in [0.717, 1.165) is 0 Å². The summed E-state index contributed by atoms with van der Waals surface area (Å²) in [6.07, 6.45) is 5.31. The fraction of sp³-hybridized carbons (Fsp3) is 0.261. The number of benzene rings is 2. The topological polar surface area (TPSA) is 0 Å². The fourth-order valence-corrected chi connectivity index (χ4v) is 14.6. The van der Waals surface area contributed by atoms with Crippen molar-refractivity contribution in [1.29, 1.82) is 0 Å². The number of rotatable bonds is 4. The van der Waals surface area contributed by atoms with E-state index < -0.39 is 38.9 Å². The van der Waals surface area contributed by atoms with E-state index in [1.807, 2.05) is 0 Å². The number of fused-ring (bicyclic) bond motifs is 2. The van der Waals surface area contributed by atoms with Crippen LogP contribution in [0.1, 0.15) is 29.5 Å². The summed E-state index contributed by atoms with van der Waals surface area (Å²) >= 11 is -1.99. The zero-order valence-electron chi connectivity index (χ0n) is 17.0. The van der Waals surface area contributed by atoms with E-state index in [4.69, 9.17) is 4.21 Å². The normalized spacial score (nSPS) is 19.0. The molecule has 0 heterocycles. The van der Waals surface area contributed by atoms with E-state index in [1.54, 1.807) is 32.6 Å². The van der Waals surface area contributed by atoms with Crippen LogP contribution in [0.2, 0.25) is 26.2 Å². The molecule has 5 heteroatoms. The molecule has 2 aromatic carbocycles. The summed E-state index contributed by atoms with van der Waals surface area (Å²) in [5.41, 5.74) is 6.28. The molecule has 0 nitrogen and oxygen atoms in total. The monoisotopic (exact) mass is 520 g/mol. The first kappa shape index (κ1) is 24.0. The summed E-state index contributed by atoms with van der Waals surface area (Å²) in [4.78, 5) is 0. The van der Waals surface area contributed by atoms with Crippen molar-refractivity contribution in [3.63, 3.8) is 0 Å². The van der Waals surface area contributed by atoms with Crippen molar-refractivity contribution in [2.45, 2.75) is 33.4 Å². The Morgan fingerprint density at radius 1 is 0.679 bits per heavy atom. The van der Waals surface area contributed by atoms with Gasteiger partial charge in [-0.25, -0.2) is 0 Å². The van der Waals surface area contributed by atoms with Gasteiger partial charge in [-0.05, 0) is 0 Å². The maximum Gasteiger partial charge on any atom is -1.00 e. The number of allylic oxidation sites excluding steroid dienone is 2. The van der Waals surface area contributed by atoms with E-state index in [-0.39, 0.29) is 24.8 Å². The molecule has 2 atom stereocenters. The molecule has 0 saturated carbocycles. The molecular weight excluding hydrogens is 495 g/mol. The van der Waals surface area contributed by atoms with Crippen LogP contribution >= 0.6 is 0 Å². The van der Waals surface area contributed by atoms with Crippen LogP contribution < -0.4 is 24.8 Å². The van der Waals surface area contributed by atoms with Gasteiger partial charge in [-0.2, -0.15) is 0 Å². The summed E-state index contributed by atoms with van der Waals surface area (Å²) in [6, 6.07) is 18.4. The second-order valence-electron chi connectivity index (χ2n) is 8.26. The molecule has 2 aliphatic rings. The molecule has 0 fully saturated rings. The van der Waals surface area contributed by atoms with Gasteiger partial charge in [-0.3, -0.25) is 0 Å². The second-order valence-corrected chi connectivity index (χ2v) is 20.0. The van der Waals surface area contributed by atoms with Gasteiger partial charge in [0, 0.05) is 0 Å². The molecule has 0 aliphatic heterocycles. The third-order valence-electron chi connectivity index (χ3n) is 5.95. The van der Waals surface area contributed by atoms with Gasteiger partial charge < -0.3 is 24.8 Å². The molecule has 2 aromatic rings.